The van der Waals surface area contributed by atoms with Gasteiger partial charge in [-0.2, -0.15) is 15.5 Å². The van der Waals surface area contributed by atoms with Gasteiger partial charge in [0.05, 0.1) is 44.8 Å². The molecule has 0 bridgehead atoms. The summed E-state index contributed by atoms with van der Waals surface area (Å²) in [7, 11) is 0. The number of hydrogen-bond acceptors (Lipinski definition) is 14. The lowest BCUT2D eigenvalue weighted by molar-refractivity contribution is -0.294. The van der Waals surface area contributed by atoms with Gasteiger partial charge in [0.25, 0.3) is 0 Å². The maximum atomic E-state index is 12.6. The predicted molar refractivity (Wildman–Crippen MR) is 266 cm³/mol. The highest BCUT2D eigenvalue weighted by Gasteiger charge is 2.67. The van der Waals surface area contributed by atoms with Crippen molar-refractivity contribution in [2.45, 2.75) is 101 Å². The first-order chi connectivity index (χ1) is 34.4. The second-order valence-electron chi connectivity index (χ2n) is 18.2. The van der Waals surface area contributed by atoms with E-state index in [4.69, 9.17) is 39.9 Å². The maximum absolute atomic E-state index is 12.6. The lowest BCUT2D eigenvalue weighted by Gasteiger charge is -2.40. The van der Waals surface area contributed by atoms with Gasteiger partial charge in [-0.15, -0.1) is 0 Å². The summed E-state index contributed by atoms with van der Waals surface area (Å²) in [6.07, 6.45) is 1.96. The molecule has 2 fully saturated rings. The van der Waals surface area contributed by atoms with Gasteiger partial charge >= 0.3 is 0 Å². The topological polar surface area (TPSA) is 212 Å². The Morgan fingerprint density at radius 3 is 1.59 bits per heavy atom. The molecule has 0 radical (unpaired) electrons. The molecule has 5 N–H and O–H groups in total. The van der Waals surface area contributed by atoms with Gasteiger partial charge in [-0.25, -0.2) is 19.0 Å². The van der Waals surface area contributed by atoms with E-state index in [2.05, 4.69) is 40.1 Å². The number of nitrogens with zero attached hydrogens (tertiary/aromatic N) is 7. The van der Waals surface area contributed by atoms with E-state index in [0.29, 0.717) is 41.5 Å². The van der Waals surface area contributed by atoms with Gasteiger partial charge in [-0.3, -0.25) is 0 Å². The number of ether oxygens (including phenoxy) is 6. The van der Waals surface area contributed by atoms with E-state index in [1.807, 2.05) is 147 Å². The molecule has 2 aliphatic heterocycles. The molecule has 8 atom stereocenters. The van der Waals surface area contributed by atoms with E-state index < -0.39 is 34.8 Å². The van der Waals surface area contributed by atoms with Crippen molar-refractivity contribution in [3.8, 4) is 6.07 Å². The number of rotatable bonds is 16. The number of nitrogen functional groups attached to an aromatic ring is 2. The van der Waals surface area contributed by atoms with Crippen LogP contribution in [0, 0.1) is 17.2 Å². The Labute approximate surface area is 412 Å². The summed E-state index contributed by atoms with van der Waals surface area (Å²) in [5.41, 5.74) is 14.6. The molecule has 4 aromatic heterocycles. The summed E-state index contributed by atoms with van der Waals surface area (Å²) < 4.78 is 42.0. The van der Waals surface area contributed by atoms with Gasteiger partial charge < -0.3 is 45.0 Å². The molecule has 8 aromatic rings. The summed E-state index contributed by atoms with van der Waals surface area (Å²) >= 11 is 0. The zero-order valence-corrected chi connectivity index (χ0v) is 40.2. The third-order valence-electron chi connectivity index (χ3n) is 14.0. The smallest absolute Gasteiger partial charge is 0.243 e. The molecule has 10 rings (SSSR count). The number of aliphatic hydroxyl groups is 1. The van der Waals surface area contributed by atoms with Gasteiger partial charge in [0, 0.05) is 5.92 Å². The second kappa shape index (κ2) is 20.7. The molecule has 6 heterocycles. The summed E-state index contributed by atoms with van der Waals surface area (Å²) in [5.74, 6) is -1.37. The van der Waals surface area contributed by atoms with Crippen molar-refractivity contribution in [3.63, 3.8) is 0 Å². The Morgan fingerprint density at radius 2 is 1.08 bits per heavy atom. The SMILES string of the molecule is CC[C@H]1O[C@@](C#N)(c2ccc3c(N)ncnn23)[C@](C)(OCc2ccccc2)[C@@H]1C.C[C@@]1(OCc2ccccc2)[C@H](OCc2ccccc2)[C@@H](COCc2ccccc2)OC1(O)c1ccc2c(N)ncnn12. The Kier molecular flexibility index (Phi) is 14.3. The molecule has 0 saturated carbocycles. The summed E-state index contributed by atoms with van der Waals surface area (Å²) in [6, 6.07) is 49.0. The summed E-state index contributed by atoms with van der Waals surface area (Å²) in [4.78, 5) is 8.14. The quantitative estimate of drug-likeness (QED) is 0.0836. The molecule has 16 nitrogen and oxygen atoms in total. The third-order valence-corrected chi connectivity index (χ3v) is 14.0. The van der Waals surface area contributed by atoms with Crippen molar-refractivity contribution in [1.29, 1.82) is 5.26 Å². The van der Waals surface area contributed by atoms with Gasteiger partial charge in [-0.05, 0) is 66.8 Å². The van der Waals surface area contributed by atoms with Gasteiger partial charge in [-0.1, -0.05) is 135 Å². The van der Waals surface area contributed by atoms with E-state index in [1.165, 1.54) is 17.2 Å². The van der Waals surface area contributed by atoms with Crippen LogP contribution in [0.15, 0.2) is 158 Å². The van der Waals surface area contributed by atoms with Gasteiger partial charge in [0.1, 0.15) is 53.3 Å². The van der Waals surface area contributed by atoms with E-state index in [0.717, 1.165) is 28.7 Å². The predicted octanol–water partition coefficient (Wildman–Crippen LogP) is 8.08. The first-order valence-corrected chi connectivity index (χ1v) is 23.7. The summed E-state index contributed by atoms with van der Waals surface area (Å²) in [6.45, 7) is 9.33. The zero-order chi connectivity index (χ0) is 49.6. The first-order valence-electron chi connectivity index (χ1n) is 23.7. The Bertz CT molecular complexity index is 3070. The Morgan fingerprint density at radius 1 is 0.620 bits per heavy atom. The van der Waals surface area contributed by atoms with Crippen LogP contribution in [0.2, 0.25) is 0 Å². The van der Waals surface area contributed by atoms with Crippen LogP contribution < -0.4 is 11.5 Å². The Balaban J connectivity index is 0.000000188. The van der Waals surface area contributed by atoms with Crippen molar-refractivity contribution in [2.24, 2.45) is 5.92 Å². The highest BCUT2D eigenvalue weighted by atomic mass is 16.7. The average Bonchev–Trinajstić information content (AvgIpc) is 4.15. The van der Waals surface area contributed by atoms with Crippen molar-refractivity contribution in [2.75, 3.05) is 18.1 Å². The minimum atomic E-state index is -1.99. The van der Waals surface area contributed by atoms with Crippen molar-refractivity contribution >= 4 is 22.7 Å². The molecule has 2 saturated heterocycles. The van der Waals surface area contributed by atoms with Crippen LogP contribution in [0.3, 0.4) is 0 Å². The lowest BCUT2D eigenvalue weighted by Crippen LogP contribution is -2.55. The van der Waals surface area contributed by atoms with E-state index in [-0.39, 0.29) is 37.7 Å². The minimum absolute atomic E-state index is 0.0133. The maximum Gasteiger partial charge on any atom is 0.243 e. The minimum Gasteiger partial charge on any atom is -0.382 e. The molecule has 0 amide bonds. The molecule has 1 unspecified atom stereocenters. The van der Waals surface area contributed by atoms with Crippen molar-refractivity contribution < 1.29 is 33.5 Å². The molecule has 0 aliphatic carbocycles. The second-order valence-corrected chi connectivity index (χ2v) is 18.2. The fraction of sp³-hybridized carbons (Fsp3) is 0.327. The number of nitriles is 1. The standard InChI is InChI=1S/C33H34N4O5.C22H25N5O2/c1-32(41-21-26-15-9-4-10-16-26)30(40-20-25-13-7-3-8-14-25)28(22-39-19-24-11-5-2-6-12-24)42-33(32,38)29-18-17-27-31(34)35-23-36-37(27)29;1-4-18-15(2)21(3,28-12-16-8-6-5-7-9-16)22(13-23,29-18)19-11-10-17-20(24)25-14-26-27(17)19/h2-18,23,28,30,38H,19-22H2,1H3,(H2,34,35,36);5-11,14-15,18H,4,12H2,1-3H3,(H2,24,25,26)/t28-,30-,32-,33?;15-,18-,21-,22+/m11/s1. The Hall–Kier alpha value is -7.07. The molecule has 0 spiro atoms. The van der Waals surface area contributed by atoms with Crippen molar-refractivity contribution in [1.82, 2.24) is 29.2 Å². The van der Waals surface area contributed by atoms with Crippen LogP contribution >= 0.6 is 0 Å². The number of fused-ring (bicyclic) bond motifs is 2. The molecular weight excluding hydrogens is 899 g/mol. The number of nitrogens with two attached hydrogens (primary N) is 2. The molecule has 16 heteroatoms. The molecule has 4 aromatic carbocycles. The number of aromatic nitrogens is 6. The van der Waals surface area contributed by atoms with Crippen LogP contribution in [0.1, 0.15) is 67.8 Å². The largest absolute Gasteiger partial charge is 0.382 e. The number of anilines is 2. The highest BCUT2D eigenvalue weighted by Crippen LogP contribution is 2.54. The van der Waals surface area contributed by atoms with Crippen LogP contribution in [0.5, 0.6) is 0 Å². The van der Waals surface area contributed by atoms with Crippen LogP contribution in [0.25, 0.3) is 11.0 Å². The fourth-order valence-electron chi connectivity index (χ4n) is 9.80. The van der Waals surface area contributed by atoms with Gasteiger partial charge in [0.15, 0.2) is 17.2 Å². The zero-order valence-electron chi connectivity index (χ0n) is 40.2. The molecular formula is C55H59N9O7. The van der Waals surface area contributed by atoms with Gasteiger partial charge in [0.2, 0.25) is 11.4 Å². The monoisotopic (exact) mass is 957 g/mol. The van der Waals surface area contributed by atoms with Crippen molar-refractivity contribution in [3.05, 3.63) is 192 Å². The molecule has 2 aliphatic rings. The average molecular weight is 958 g/mol. The highest BCUT2D eigenvalue weighted by molar-refractivity contribution is 5.67. The normalized spacial score (nSPS) is 26.0. The van der Waals surface area contributed by atoms with E-state index in [9.17, 15) is 10.4 Å². The van der Waals surface area contributed by atoms with E-state index >= 15 is 0 Å². The molecule has 71 heavy (non-hydrogen) atoms. The number of benzene rings is 4. The molecule has 366 valence electrons. The fourth-order valence-corrected chi connectivity index (χ4v) is 9.80. The third kappa shape index (κ3) is 9.25. The first kappa shape index (κ1) is 48.9. The van der Waals surface area contributed by atoms with Crippen LogP contribution in [-0.4, -0.2) is 70.4 Å². The number of hydrogen-bond donors (Lipinski definition) is 3. The summed E-state index contributed by atoms with van der Waals surface area (Å²) in [5, 5.41) is 31.7. The van der Waals surface area contributed by atoms with Crippen LogP contribution in [-0.2, 0) is 66.2 Å². The van der Waals surface area contributed by atoms with E-state index in [1.54, 1.807) is 16.6 Å². The van der Waals surface area contributed by atoms with Crippen LogP contribution in [0.4, 0.5) is 11.6 Å². The lowest BCUT2D eigenvalue weighted by atomic mass is 9.75.